The molecule has 1 atom stereocenters. The number of nitrogens with zero attached hydrogens (tertiary/aromatic N) is 1. The monoisotopic (exact) mass is 365 g/mol. The fourth-order valence-electron chi connectivity index (χ4n) is 3.40. The van der Waals surface area contributed by atoms with Crippen LogP contribution in [0, 0.1) is 0 Å². The van der Waals surface area contributed by atoms with E-state index in [-0.39, 0.29) is 0 Å². The molecule has 0 radical (unpaired) electrons. The third kappa shape index (κ3) is 2.88. The van der Waals surface area contributed by atoms with Gasteiger partial charge in [0.25, 0.3) is 0 Å². The van der Waals surface area contributed by atoms with Gasteiger partial charge in [-0.1, -0.05) is 24.3 Å². The Morgan fingerprint density at radius 1 is 1.12 bits per heavy atom. The summed E-state index contributed by atoms with van der Waals surface area (Å²) in [6, 6.07) is 14.8. The summed E-state index contributed by atoms with van der Waals surface area (Å²) in [5.74, 6) is -0.399. The average molecular weight is 365 g/mol. The number of carbonyl (C=O) groups excluding carboxylic acids is 1. The number of carbonyl (C=O) groups is 1. The molecule has 0 N–H and O–H groups in total. The van der Waals surface area contributed by atoms with Crippen LogP contribution in [0.4, 0.5) is 0 Å². The van der Waals surface area contributed by atoms with E-state index in [2.05, 4.69) is 12.1 Å². The summed E-state index contributed by atoms with van der Waals surface area (Å²) < 4.78 is 19.7. The minimum Gasteiger partial charge on any atom is -0.465 e. The standard InChI is InChI=1S/C21H19NO3S/c1-25-21(23)16-10-12-17(13-11-16)26(24)22-14-19(15-6-2-3-7-15)18-8-4-5-9-20(18)22/h4-6,8-14H,2-3,7H2,1H3. The molecule has 4 nitrogen and oxygen atoms in total. The zero-order valence-corrected chi connectivity index (χ0v) is 15.3. The van der Waals surface area contributed by atoms with Crippen LogP contribution in [0.5, 0.6) is 0 Å². The summed E-state index contributed by atoms with van der Waals surface area (Å²) in [7, 11) is -0.0399. The Labute approximate surface area is 154 Å². The zero-order valence-electron chi connectivity index (χ0n) is 14.5. The van der Waals surface area contributed by atoms with Gasteiger partial charge < -0.3 is 4.74 Å². The van der Waals surface area contributed by atoms with Crippen LogP contribution < -0.4 is 0 Å². The maximum Gasteiger partial charge on any atom is 0.337 e. The quantitative estimate of drug-likeness (QED) is 0.637. The number of hydrogen-bond acceptors (Lipinski definition) is 3. The van der Waals surface area contributed by atoms with E-state index in [4.69, 9.17) is 4.74 Å². The zero-order chi connectivity index (χ0) is 18.1. The summed E-state index contributed by atoms with van der Waals surface area (Å²) in [5, 5.41) is 1.13. The Balaban J connectivity index is 1.76. The van der Waals surface area contributed by atoms with Crippen LogP contribution in [0.3, 0.4) is 0 Å². The van der Waals surface area contributed by atoms with Crippen molar-refractivity contribution in [3.8, 4) is 0 Å². The molecule has 1 heterocycles. The van der Waals surface area contributed by atoms with E-state index in [9.17, 15) is 9.00 Å². The molecule has 0 spiro atoms. The van der Waals surface area contributed by atoms with Crippen LogP contribution in [0.15, 0.2) is 65.7 Å². The van der Waals surface area contributed by atoms with Gasteiger partial charge in [-0.25, -0.2) is 9.00 Å². The fraction of sp³-hybridized carbons (Fsp3) is 0.190. The largest absolute Gasteiger partial charge is 0.465 e. The van der Waals surface area contributed by atoms with Crippen molar-refractivity contribution in [2.24, 2.45) is 0 Å². The van der Waals surface area contributed by atoms with Gasteiger partial charge in [-0.2, -0.15) is 0 Å². The number of aromatic nitrogens is 1. The third-order valence-electron chi connectivity index (χ3n) is 4.72. The number of hydrogen-bond donors (Lipinski definition) is 0. The van der Waals surface area contributed by atoms with Gasteiger partial charge in [0, 0.05) is 17.1 Å². The molecule has 0 saturated heterocycles. The minimum atomic E-state index is -1.39. The summed E-state index contributed by atoms with van der Waals surface area (Å²) in [5.41, 5.74) is 3.89. The molecule has 0 bridgehead atoms. The molecule has 0 fully saturated rings. The number of esters is 1. The van der Waals surface area contributed by atoms with Crippen LogP contribution in [0.2, 0.25) is 0 Å². The Kier molecular flexibility index (Phi) is 4.47. The van der Waals surface area contributed by atoms with E-state index >= 15 is 0 Å². The lowest BCUT2D eigenvalue weighted by Gasteiger charge is -2.06. The van der Waals surface area contributed by atoms with Gasteiger partial charge in [0.2, 0.25) is 0 Å². The van der Waals surface area contributed by atoms with Crippen LogP contribution in [-0.4, -0.2) is 21.3 Å². The first-order chi connectivity index (χ1) is 12.7. The SMILES string of the molecule is COC(=O)c1ccc(S(=O)n2cc(C3=CCCC3)c3ccccc32)cc1. The maximum atomic E-state index is 13.2. The molecule has 3 aromatic rings. The number of para-hydroxylation sites is 1. The third-order valence-corrected chi connectivity index (χ3v) is 6.06. The number of allylic oxidation sites excluding steroid dienone is 2. The van der Waals surface area contributed by atoms with E-state index in [0.717, 1.165) is 29.3 Å². The Morgan fingerprint density at radius 2 is 1.88 bits per heavy atom. The molecule has 132 valence electrons. The summed E-state index contributed by atoms with van der Waals surface area (Å²) >= 11 is 0. The van der Waals surface area contributed by atoms with Gasteiger partial charge in [0.15, 0.2) is 11.0 Å². The van der Waals surface area contributed by atoms with E-state index in [0.29, 0.717) is 10.5 Å². The number of rotatable bonds is 4. The molecule has 0 amide bonds. The second-order valence-corrected chi connectivity index (χ2v) is 7.64. The molecule has 4 rings (SSSR count). The predicted octanol–water partition coefficient (Wildman–Crippen LogP) is 4.57. The molecule has 2 aromatic carbocycles. The highest BCUT2D eigenvalue weighted by molar-refractivity contribution is 7.83. The molecule has 0 aliphatic heterocycles. The van der Waals surface area contributed by atoms with E-state index in [1.807, 2.05) is 28.4 Å². The highest BCUT2D eigenvalue weighted by Crippen LogP contribution is 2.34. The van der Waals surface area contributed by atoms with Gasteiger partial charge in [-0.15, -0.1) is 0 Å². The highest BCUT2D eigenvalue weighted by atomic mass is 32.2. The molecule has 1 unspecified atom stereocenters. The van der Waals surface area contributed by atoms with E-state index < -0.39 is 17.0 Å². The first-order valence-electron chi connectivity index (χ1n) is 8.59. The van der Waals surface area contributed by atoms with Crippen molar-refractivity contribution >= 4 is 33.4 Å². The summed E-state index contributed by atoms with van der Waals surface area (Å²) in [6.07, 6.45) is 7.61. The topological polar surface area (TPSA) is 48.3 Å². The number of methoxy groups -OCH3 is 1. The van der Waals surface area contributed by atoms with Crippen LogP contribution in [-0.2, 0) is 15.7 Å². The molecular formula is C21H19NO3S. The summed E-state index contributed by atoms with van der Waals surface area (Å²) in [6.45, 7) is 0. The highest BCUT2D eigenvalue weighted by Gasteiger charge is 2.18. The van der Waals surface area contributed by atoms with Gasteiger partial charge >= 0.3 is 5.97 Å². The lowest BCUT2D eigenvalue weighted by molar-refractivity contribution is 0.0600. The average Bonchev–Trinajstić information content (AvgIpc) is 3.34. The van der Waals surface area contributed by atoms with Crippen LogP contribution in [0.1, 0.15) is 35.2 Å². The molecule has 1 aliphatic rings. The molecule has 1 aromatic heterocycles. The maximum absolute atomic E-state index is 13.2. The van der Waals surface area contributed by atoms with Crippen molar-refractivity contribution in [2.45, 2.75) is 24.2 Å². The van der Waals surface area contributed by atoms with Crippen molar-refractivity contribution in [3.63, 3.8) is 0 Å². The van der Waals surface area contributed by atoms with Gasteiger partial charge in [0.05, 0.1) is 23.1 Å². The van der Waals surface area contributed by atoms with Gasteiger partial charge in [0.1, 0.15) is 0 Å². The van der Waals surface area contributed by atoms with Crippen molar-refractivity contribution in [1.29, 1.82) is 0 Å². The van der Waals surface area contributed by atoms with Crippen molar-refractivity contribution in [1.82, 2.24) is 3.97 Å². The molecule has 26 heavy (non-hydrogen) atoms. The number of benzene rings is 2. The van der Waals surface area contributed by atoms with Crippen molar-refractivity contribution in [2.75, 3.05) is 7.11 Å². The first kappa shape index (κ1) is 16.8. The molecule has 0 saturated carbocycles. The molecule has 1 aliphatic carbocycles. The minimum absolute atomic E-state index is 0.399. The van der Waals surface area contributed by atoms with Crippen molar-refractivity contribution in [3.05, 3.63) is 71.9 Å². The predicted molar refractivity (Wildman–Crippen MR) is 103 cm³/mol. The fourth-order valence-corrected chi connectivity index (χ4v) is 4.53. The van der Waals surface area contributed by atoms with Gasteiger partial charge in [-0.3, -0.25) is 3.97 Å². The first-order valence-corrected chi connectivity index (χ1v) is 9.70. The number of ether oxygens (including phenoxy) is 1. The molecular weight excluding hydrogens is 346 g/mol. The van der Waals surface area contributed by atoms with E-state index in [1.54, 1.807) is 24.3 Å². The lowest BCUT2D eigenvalue weighted by atomic mass is 10.0. The Hall–Kier alpha value is -2.66. The molecule has 5 heteroatoms. The Morgan fingerprint density at radius 3 is 2.58 bits per heavy atom. The smallest absolute Gasteiger partial charge is 0.337 e. The lowest BCUT2D eigenvalue weighted by Crippen LogP contribution is -2.05. The number of fused-ring (bicyclic) bond motifs is 1. The Bertz CT molecular complexity index is 1030. The van der Waals surface area contributed by atoms with Gasteiger partial charge in [-0.05, 0) is 55.2 Å². The second-order valence-electron chi connectivity index (χ2n) is 6.27. The van der Waals surface area contributed by atoms with Crippen LogP contribution >= 0.6 is 0 Å². The van der Waals surface area contributed by atoms with Crippen LogP contribution in [0.25, 0.3) is 16.5 Å². The van der Waals surface area contributed by atoms with Crippen molar-refractivity contribution < 1.29 is 13.7 Å². The normalized spacial score (nSPS) is 15.0. The van der Waals surface area contributed by atoms with E-state index in [1.165, 1.54) is 19.1 Å². The second kappa shape index (κ2) is 6.92. The summed E-state index contributed by atoms with van der Waals surface area (Å²) in [4.78, 5) is 12.2.